The second kappa shape index (κ2) is 11.4. The summed E-state index contributed by atoms with van der Waals surface area (Å²) < 4.78 is 1.96. The zero-order chi connectivity index (χ0) is 36.0. The first-order valence-corrected chi connectivity index (χ1v) is 18.4. The predicted octanol–water partition coefficient (Wildman–Crippen LogP) is 11.4. The van der Waals surface area contributed by atoms with E-state index in [0.717, 1.165) is 77.6 Å². The number of carbonyl (C=O) groups excluding carboxylic acids is 1. The van der Waals surface area contributed by atoms with Crippen LogP contribution in [0.25, 0.3) is 60.7 Å². The molecule has 1 aliphatic carbocycles. The molecule has 2 aliphatic rings. The van der Waals surface area contributed by atoms with E-state index in [9.17, 15) is 4.79 Å². The summed E-state index contributed by atoms with van der Waals surface area (Å²) in [6, 6.07) is 64.4. The van der Waals surface area contributed by atoms with Crippen molar-refractivity contribution in [3.8, 4) is 39.1 Å². The van der Waals surface area contributed by atoms with Crippen molar-refractivity contribution >= 4 is 27.5 Å². The summed E-state index contributed by atoms with van der Waals surface area (Å²) in [5.41, 5.74) is 11.9. The summed E-state index contributed by atoms with van der Waals surface area (Å²) in [7, 11) is 0. The Labute approximate surface area is 312 Å². The number of aromatic nitrogens is 1. The van der Waals surface area contributed by atoms with Gasteiger partial charge >= 0.3 is 0 Å². The van der Waals surface area contributed by atoms with Gasteiger partial charge in [0.25, 0.3) is 5.56 Å². The molecule has 1 aromatic heterocycles. The fourth-order valence-electron chi connectivity index (χ4n) is 9.35. The van der Waals surface area contributed by atoms with Gasteiger partial charge in [-0.2, -0.15) is 0 Å². The number of hydrogen-bond donors (Lipinski definition) is 0. The molecule has 0 saturated carbocycles. The van der Waals surface area contributed by atoms with Gasteiger partial charge in [-0.3, -0.25) is 14.2 Å². The number of pyridine rings is 1. The topological polar surface area (TPSA) is 39.1 Å². The highest BCUT2D eigenvalue weighted by Crippen LogP contribution is 2.57. The zero-order valence-electron chi connectivity index (χ0n) is 29.2. The highest BCUT2D eigenvalue weighted by Gasteiger charge is 2.51. The molecule has 0 amide bonds. The van der Waals surface area contributed by atoms with Gasteiger partial charge in [-0.15, -0.1) is 0 Å². The average Bonchev–Trinajstić information content (AvgIpc) is 3.25. The summed E-state index contributed by atoms with van der Waals surface area (Å²) in [5.74, 6) is 0.0111. The molecule has 2 heterocycles. The minimum atomic E-state index is -0.929. The van der Waals surface area contributed by atoms with Gasteiger partial charge in [0, 0.05) is 16.5 Å². The Balaban J connectivity index is 1.42. The van der Waals surface area contributed by atoms with Crippen LogP contribution < -0.4 is 5.56 Å². The second-order valence-electron chi connectivity index (χ2n) is 14.3. The van der Waals surface area contributed by atoms with Gasteiger partial charge in [0.2, 0.25) is 0 Å². The van der Waals surface area contributed by atoms with Crippen molar-refractivity contribution in [3.63, 3.8) is 0 Å². The molecule has 8 aromatic carbocycles. The van der Waals surface area contributed by atoms with E-state index in [-0.39, 0.29) is 11.3 Å². The van der Waals surface area contributed by atoms with E-state index in [4.69, 9.17) is 0 Å². The number of rotatable bonds is 3. The molecule has 9 aromatic rings. The summed E-state index contributed by atoms with van der Waals surface area (Å²) in [4.78, 5) is 30.0. The lowest BCUT2D eigenvalue weighted by molar-refractivity contribution is 0.103. The van der Waals surface area contributed by atoms with Crippen molar-refractivity contribution in [1.82, 2.24) is 4.57 Å². The zero-order valence-corrected chi connectivity index (χ0v) is 29.2. The molecule has 11 rings (SSSR count). The Morgan fingerprint density at radius 2 is 0.907 bits per heavy atom. The van der Waals surface area contributed by atoms with Crippen molar-refractivity contribution < 1.29 is 4.79 Å². The van der Waals surface area contributed by atoms with Crippen LogP contribution in [0.3, 0.4) is 0 Å². The maximum absolute atomic E-state index is 15.5. The largest absolute Gasteiger partial charge is 0.289 e. The van der Waals surface area contributed by atoms with Gasteiger partial charge in [-0.25, -0.2) is 0 Å². The molecule has 0 radical (unpaired) electrons. The van der Waals surface area contributed by atoms with Crippen LogP contribution in [0, 0.1) is 0 Å². The van der Waals surface area contributed by atoms with Crippen LogP contribution in [0.5, 0.6) is 0 Å². The molecule has 0 saturated heterocycles. The van der Waals surface area contributed by atoms with Crippen molar-refractivity contribution in [3.05, 3.63) is 232 Å². The molecule has 3 heteroatoms. The van der Waals surface area contributed by atoms with Crippen molar-refractivity contribution in [1.29, 1.82) is 0 Å². The Kier molecular flexibility index (Phi) is 6.47. The number of carbonyl (C=O) groups is 1. The van der Waals surface area contributed by atoms with E-state index in [1.54, 1.807) is 0 Å². The Bertz CT molecular complexity index is 3020. The number of ketones is 1. The maximum Gasteiger partial charge on any atom is 0.264 e. The van der Waals surface area contributed by atoms with Crippen LogP contribution in [0.4, 0.5) is 0 Å². The lowest BCUT2D eigenvalue weighted by Gasteiger charge is -2.46. The first-order valence-electron chi connectivity index (χ1n) is 18.4. The highest BCUT2D eigenvalue weighted by molar-refractivity contribution is 6.17. The normalized spacial score (nSPS) is 13.4. The number of hydrogen-bond acceptors (Lipinski definition) is 2. The number of nitrogens with zero attached hydrogens (tertiary/aromatic N) is 1. The standard InChI is InChI=1S/C51H31NO2/c53-49-39-21-10-12-25-42(39)51(43-26-13-11-22-40(43)49)44-30-35(32-15-4-1-5-16-32)27-28-46(44)52-48-41(29-36(31-45(48)51)33-17-6-2-7-18-33)38-24-14-23-37(47(38)50(52)54)34-19-8-3-9-20-34/h1-31H. The fraction of sp³-hybridized carbons (Fsp3) is 0.0196. The molecular weight excluding hydrogens is 659 g/mol. The predicted molar refractivity (Wildman–Crippen MR) is 219 cm³/mol. The lowest BCUT2D eigenvalue weighted by atomic mass is 9.57. The smallest absolute Gasteiger partial charge is 0.264 e. The van der Waals surface area contributed by atoms with E-state index in [0.29, 0.717) is 16.5 Å². The van der Waals surface area contributed by atoms with E-state index in [1.807, 2.05) is 71.3 Å². The third-order valence-corrected chi connectivity index (χ3v) is 11.6. The molecule has 54 heavy (non-hydrogen) atoms. The lowest BCUT2D eigenvalue weighted by Crippen LogP contribution is -2.42. The summed E-state index contributed by atoms with van der Waals surface area (Å²) >= 11 is 0. The molecule has 0 fully saturated rings. The van der Waals surface area contributed by atoms with Crippen LogP contribution in [-0.2, 0) is 5.41 Å². The van der Waals surface area contributed by atoms with Crippen LogP contribution in [-0.4, -0.2) is 10.4 Å². The summed E-state index contributed by atoms with van der Waals surface area (Å²) in [6.07, 6.45) is 0. The van der Waals surface area contributed by atoms with E-state index < -0.39 is 5.41 Å². The van der Waals surface area contributed by atoms with E-state index in [1.165, 1.54) is 0 Å². The van der Waals surface area contributed by atoms with Crippen molar-refractivity contribution in [2.24, 2.45) is 0 Å². The molecule has 0 atom stereocenters. The maximum atomic E-state index is 15.5. The summed E-state index contributed by atoms with van der Waals surface area (Å²) in [5, 5.41) is 2.57. The first-order chi connectivity index (χ1) is 26.6. The van der Waals surface area contributed by atoms with Crippen LogP contribution in [0.1, 0.15) is 38.2 Å². The van der Waals surface area contributed by atoms with Crippen LogP contribution >= 0.6 is 0 Å². The number of fused-ring (bicyclic) bond motifs is 10. The quantitative estimate of drug-likeness (QED) is 0.173. The Morgan fingerprint density at radius 3 is 1.56 bits per heavy atom. The molecular formula is C51H31NO2. The van der Waals surface area contributed by atoms with Crippen LogP contribution in [0.2, 0.25) is 0 Å². The minimum Gasteiger partial charge on any atom is -0.289 e. The van der Waals surface area contributed by atoms with Gasteiger partial charge in [-0.1, -0.05) is 164 Å². The SMILES string of the molecule is O=C1c2ccccc2C2(c3ccccc31)c1cc(-c3ccccc3)ccc1-n1c(=O)c3c(-c4ccccc4)cccc3c3cc(-c4ccccc4)cc2c31. The van der Waals surface area contributed by atoms with Gasteiger partial charge in [0.15, 0.2) is 5.78 Å². The molecule has 1 spiro atoms. The average molecular weight is 690 g/mol. The van der Waals surface area contributed by atoms with Gasteiger partial charge in [-0.05, 0) is 85.3 Å². The minimum absolute atomic E-state index is 0.0111. The molecule has 0 bridgehead atoms. The van der Waals surface area contributed by atoms with Gasteiger partial charge in [0.05, 0.1) is 22.0 Å². The van der Waals surface area contributed by atoms with Crippen molar-refractivity contribution in [2.45, 2.75) is 5.41 Å². The third kappa shape index (κ3) is 4.07. The molecule has 1 aliphatic heterocycles. The fourth-order valence-corrected chi connectivity index (χ4v) is 9.35. The Hall–Kier alpha value is -7.10. The highest BCUT2D eigenvalue weighted by atomic mass is 16.1. The van der Waals surface area contributed by atoms with E-state index >= 15 is 4.79 Å². The molecule has 3 nitrogen and oxygen atoms in total. The molecule has 0 N–H and O–H groups in total. The first kappa shape index (κ1) is 30.5. The molecule has 0 unspecified atom stereocenters. The van der Waals surface area contributed by atoms with Crippen molar-refractivity contribution in [2.75, 3.05) is 0 Å². The third-order valence-electron chi connectivity index (χ3n) is 11.6. The van der Waals surface area contributed by atoms with Crippen LogP contribution in [0.15, 0.2) is 193 Å². The second-order valence-corrected chi connectivity index (χ2v) is 14.3. The Morgan fingerprint density at radius 1 is 0.370 bits per heavy atom. The monoisotopic (exact) mass is 689 g/mol. The number of benzene rings is 8. The summed E-state index contributed by atoms with van der Waals surface area (Å²) in [6.45, 7) is 0. The molecule has 252 valence electrons. The van der Waals surface area contributed by atoms with Gasteiger partial charge < -0.3 is 0 Å². The van der Waals surface area contributed by atoms with Gasteiger partial charge in [0.1, 0.15) is 0 Å². The van der Waals surface area contributed by atoms with E-state index in [2.05, 4.69) is 121 Å².